The average molecular weight is 291 g/mol. The molecule has 1 aromatic rings. The SMILES string of the molecule is CN(C)c1cccc(CNC(=O)NC2CCCOCC2)c1. The molecular weight excluding hydrogens is 266 g/mol. The molecular formula is C16H25N3O2. The standard InChI is InChI=1S/C16H25N3O2/c1-19(2)15-7-3-5-13(11-15)12-17-16(20)18-14-6-4-9-21-10-8-14/h3,5,7,11,14H,4,6,8-10,12H2,1-2H3,(H2,17,18,20). The Morgan fingerprint density at radius 2 is 2.19 bits per heavy atom. The van der Waals surface area contributed by atoms with Crippen molar-refractivity contribution in [3.8, 4) is 0 Å². The molecule has 2 N–H and O–H groups in total. The van der Waals surface area contributed by atoms with Gasteiger partial charge in [0.05, 0.1) is 0 Å². The van der Waals surface area contributed by atoms with E-state index in [1.54, 1.807) is 0 Å². The number of rotatable bonds is 4. The Kier molecular flexibility index (Phi) is 5.87. The van der Waals surface area contributed by atoms with Gasteiger partial charge in [-0.3, -0.25) is 0 Å². The van der Waals surface area contributed by atoms with Crippen LogP contribution in [0.25, 0.3) is 0 Å². The zero-order valence-electron chi connectivity index (χ0n) is 12.9. The van der Waals surface area contributed by atoms with Gasteiger partial charge in [0.1, 0.15) is 0 Å². The number of anilines is 1. The van der Waals surface area contributed by atoms with Crippen molar-refractivity contribution >= 4 is 11.7 Å². The van der Waals surface area contributed by atoms with Crippen molar-refractivity contribution in [1.82, 2.24) is 10.6 Å². The maximum atomic E-state index is 11.9. The number of benzene rings is 1. The Hall–Kier alpha value is -1.75. The molecule has 1 aliphatic heterocycles. The molecule has 1 saturated heterocycles. The summed E-state index contributed by atoms with van der Waals surface area (Å²) in [5.41, 5.74) is 2.23. The first-order valence-electron chi connectivity index (χ1n) is 7.53. The minimum Gasteiger partial charge on any atom is -0.381 e. The fourth-order valence-electron chi connectivity index (χ4n) is 2.41. The Morgan fingerprint density at radius 3 is 3.00 bits per heavy atom. The fourth-order valence-corrected chi connectivity index (χ4v) is 2.41. The Morgan fingerprint density at radius 1 is 1.33 bits per heavy atom. The number of amides is 2. The summed E-state index contributed by atoms with van der Waals surface area (Å²) >= 11 is 0. The summed E-state index contributed by atoms with van der Waals surface area (Å²) < 4.78 is 5.39. The average Bonchev–Trinajstić information content (AvgIpc) is 2.74. The normalized spacial score (nSPS) is 18.7. The number of urea groups is 1. The zero-order chi connectivity index (χ0) is 15.1. The monoisotopic (exact) mass is 291 g/mol. The number of carbonyl (C=O) groups excluding carboxylic acids is 1. The van der Waals surface area contributed by atoms with E-state index in [9.17, 15) is 4.79 Å². The lowest BCUT2D eigenvalue weighted by Gasteiger charge is -2.17. The quantitative estimate of drug-likeness (QED) is 0.893. The molecule has 1 fully saturated rings. The summed E-state index contributed by atoms with van der Waals surface area (Å²) in [6.07, 6.45) is 2.89. The second-order valence-electron chi connectivity index (χ2n) is 5.63. The predicted octanol–water partition coefficient (Wildman–Crippen LogP) is 2.12. The van der Waals surface area contributed by atoms with Crippen LogP contribution in [0.15, 0.2) is 24.3 Å². The summed E-state index contributed by atoms with van der Waals surface area (Å²) in [4.78, 5) is 14.0. The van der Waals surface area contributed by atoms with Crippen LogP contribution in [0.4, 0.5) is 10.5 Å². The van der Waals surface area contributed by atoms with Gasteiger partial charge in [-0.25, -0.2) is 4.79 Å². The highest BCUT2D eigenvalue weighted by atomic mass is 16.5. The number of nitrogens with one attached hydrogen (secondary N) is 2. The molecule has 1 heterocycles. The van der Waals surface area contributed by atoms with Crippen molar-refractivity contribution in [3.63, 3.8) is 0 Å². The van der Waals surface area contributed by atoms with Crippen LogP contribution in [0, 0.1) is 0 Å². The lowest BCUT2D eigenvalue weighted by atomic mass is 10.1. The number of hydrogen-bond donors (Lipinski definition) is 2. The van der Waals surface area contributed by atoms with Crippen LogP contribution in [-0.4, -0.2) is 39.4 Å². The molecule has 0 bridgehead atoms. The van der Waals surface area contributed by atoms with Gasteiger partial charge in [0.2, 0.25) is 0 Å². The molecule has 2 rings (SSSR count). The molecule has 5 heteroatoms. The molecule has 1 atom stereocenters. The first-order chi connectivity index (χ1) is 10.1. The maximum absolute atomic E-state index is 11.9. The van der Waals surface area contributed by atoms with E-state index < -0.39 is 0 Å². The lowest BCUT2D eigenvalue weighted by molar-refractivity contribution is 0.143. The van der Waals surface area contributed by atoms with E-state index in [-0.39, 0.29) is 12.1 Å². The maximum Gasteiger partial charge on any atom is 0.315 e. The minimum absolute atomic E-state index is 0.0999. The second-order valence-corrected chi connectivity index (χ2v) is 5.63. The zero-order valence-corrected chi connectivity index (χ0v) is 12.9. The van der Waals surface area contributed by atoms with Crippen LogP contribution in [0.2, 0.25) is 0 Å². The Bertz CT molecular complexity index is 455. The number of carbonyl (C=O) groups is 1. The Labute approximate surface area is 126 Å². The number of hydrogen-bond acceptors (Lipinski definition) is 3. The van der Waals surface area contributed by atoms with Crippen LogP contribution in [-0.2, 0) is 11.3 Å². The third-order valence-corrected chi connectivity index (χ3v) is 3.67. The first kappa shape index (κ1) is 15.6. The minimum atomic E-state index is -0.0999. The molecule has 1 unspecified atom stereocenters. The van der Waals surface area contributed by atoms with Gasteiger partial charge in [0.15, 0.2) is 0 Å². The number of ether oxygens (including phenoxy) is 1. The third-order valence-electron chi connectivity index (χ3n) is 3.67. The molecule has 0 saturated carbocycles. The van der Waals surface area contributed by atoms with Crippen molar-refractivity contribution in [2.45, 2.75) is 31.8 Å². The summed E-state index contributed by atoms with van der Waals surface area (Å²) in [7, 11) is 4.01. The van der Waals surface area contributed by atoms with E-state index in [0.29, 0.717) is 6.54 Å². The molecule has 0 radical (unpaired) electrons. The van der Waals surface area contributed by atoms with E-state index in [4.69, 9.17) is 4.74 Å². The molecule has 116 valence electrons. The van der Waals surface area contributed by atoms with Gasteiger partial charge >= 0.3 is 6.03 Å². The fraction of sp³-hybridized carbons (Fsp3) is 0.562. The van der Waals surface area contributed by atoms with Crippen molar-refractivity contribution in [1.29, 1.82) is 0 Å². The Balaban J connectivity index is 1.79. The molecule has 21 heavy (non-hydrogen) atoms. The molecule has 1 aliphatic rings. The van der Waals surface area contributed by atoms with E-state index in [0.717, 1.165) is 43.7 Å². The summed E-state index contributed by atoms with van der Waals surface area (Å²) in [6, 6.07) is 8.28. The largest absolute Gasteiger partial charge is 0.381 e. The first-order valence-corrected chi connectivity index (χ1v) is 7.53. The predicted molar refractivity (Wildman–Crippen MR) is 84.6 cm³/mol. The lowest BCUT2D eigenvalue weighted by Crippen LogP contribution is -2.41. The smallest absolute Gasteiger partial charge is 0.315 e. The highest BCUT2D eigenvalue weighted by Gasteiger charge is 2.14. The summed E-state index contributed by atoms with van der Waals surface area (Å²) in [6.45, 7) is 2.07. The molecule has 1 aromatic carbocycles. The van der Waals surface area contributed by atoms with E-state index in [1.807, 2.05) is 26.2 Å². The van der Waals surface area contributed by atoms with Gasteiger partial charge in [-0.2, -0.15) is 0 Å². The van der Waals surface area contributed by atoms with Crippen molar-refractivity contribution in [3.05, 3.63) is 29.8 Å². The van der Waals surface area contributed by atoms with Gasteiger partial charge in [-0.15, -0.1) is 0 Å². The van der Waals surface area contributed by atoms with Crippen LogP contribution in [0.3, 0.4) is 0 Å². The molecule has 0 aliphatic carbocycles. The van der Waals surface area contributed by atoms with E-state index in [1.165, 1.54) is 0 Å². The van der Waals surface area contributed by atoms with Crippen LogP contribution < -0.4 is 15.5 Å². The van der Waals surface area contributed by atoms with Gasteiger partial charge < -0.3 is 20.3 Å². The van der Waals surface area contributed by atoms with Gasteiger partial charge in [-0.1, -0.05) is 12.1 Å². The van der Waals surface area contributed by atoms with Crippen LogP contribution in [0.1, 0.15) is 24.8 Å². The number of nitrogens with zero attached hydrogens (tertiary/aromatic N) is 1. The summed E-state index contributed by atoms with van der Waals surface area (Å²) in [5.74, 6) is 0. The molecule has 2 amide bonds. The second kappa shape index (κ2) is 7.88. The van der Waals surface area contributed by atoms with Gasteiger partial charge in [-0.05, 0) is 37.0 Å². The highest BCUT2D eigenvalue weighted by molar-refractivity contribution is 5.74. The van der Waals surface area contributed by atoms with Gasteiger partial charge in [0.25, 0.3) is 0 Å². The van der Waals surface area contributed by atoms with E-state index in [2.05, 4.69) is 27.7 Å². The van der Waals surface area contributed by atoms with Gasteiger partial charge in [0, 0.05) is 45.6 Å². The molecule has 0 spiro atoms. The van der Waals surface area contributed by atoms with Crippen molar-refractivity contribution in [2.24, 2.45) is 0 Å². The third kappa shape index (κ3) is 5.27. The van der Waals surface area contributed by atoms with Crippen molar-refractivity contribution < 1.29 is 9.53 Å². The molecule has 5 nitrogen and oxygen atoms in total. The molecule has 0 aromatic heterocycles. The topological polar surface area (TPSA) is 53.6 Å². The van der Waals surface area contributed by atoms with Crippen LogP contribution >= 0.6 is 0 Å². The highest BCUT2D eigenvalue weighted by Crippen LogP contribution is 2.13. The van der Waals surface area contributed by atoms with E-state index >= 15 is 0 Å². The summed E-state index contributed by atoms with van der Waals surface area (Å²) in [5, 5.41) is 5.95. The van der Waals surface area contributed by atoms with Crippen molar-refractivity contribution in [2.75, 3.05) is 32.2 Å². The van der Waals surface area contributed by atoms with Crippen LogP contribution in [0.5, 0.6) is 0 Å².